The molecule has 0 spiro atoms. The Morgan fingerprint density at radius 3 is 1.97 bits per heavy atom. The standard InChI is InChI=1S/C16H14O3.C5H8FNO4.C5H8O3/c1-10-7-8-12(9-11(10)2)15(17)13-5-3-4-6-14(13)16(18)19;6-2(4(8)9)1-3(7)5(10)11;6-5(7)4-1-2-8-3-4/h3-9H,1-2H3,(H,18,19);2-3H,1,7H2,(H,8,9)(H,10,11);4H,1-3H2,(H,6,7)/t;2-,3-;/m.0./s1. The van der Waals surface area contributed by atoms with Crippen LogP contribution >= 0.6 is 0 Å². The predicted molar refractivity (Wildman–Crippen MR) is 132 cm³/mol. The molecule has 0 radical (unpaired) electrons. The molecule has 3 atom stereocenters. The Kier molecular flexibility index (Phi) is 12.7. The van der Waals surface area contributed by atoms with E-state index in [9.17, 15) is 28.4 Å². The largest absolute Gasteiger partial charge is 0.481 e. The van der Waals surface area contributed by atoms with Crippen LogP contribution < -0.4 is 5.73 Å². The molecule has 0 aromatic heterocycles. The van der Waals surface area contributed by atoms with Gasteiger partial charge in [-0.1, -0.05) is 30.3 Å². The Balaban J connectivity index is 0.000000321. The summed E-state index contributed by atoms with van der Waals surface area (Å²) in [7, 11) is 0. The number of aryl methyl sites for hydroxylation is 2. The molecule has 3 rings (SSSR count). The van der Waals surface area contributed by atoms with Crippen LogP contribution in [0.2, 0.25) is 0 Å². The van der Waals surface area contributed by atoms with Crippen LogP contribution in [0.5, 0.6) is 0 Å². The number of aliphatic carboxylic acids is 3. The Hall–Kier alpha value is -4.16. The highest BCUT2D eigenvalue weighted by atomic mass is 19.1. The molecule has 1 heterocycles. The Bertz CT molecular complexity index is 1140. The highest BCUT2D eigenvalue weighted by Gasteiger charge is 2.23. The van der Waals surface area contributed by atoms with Gasteiger partial charge in [0, 0.05) is 24.2 Å². The van der Waals surface area contributed by atoms with Gasteiger partial charge in [-0.15, -0.1) is 0 Å². The fraction of sp³-hybridized carbons (Fsp3) is 0.346. The fourth-order valence-electron chi connectivity index (χ4n) is 3.06. The van der Waals surface area contributed by atoms with Crippen molar-refractivity contribution in [3.8, 4) is 0 Å². The van der Waals surface area contributed by atoms with Crippen molar-refractivity contribution in [2.75, 3.05) is 13.2 Å². The Labute approximate surface area is 217 Å². The van der Waals surface area contributed by atoms with E-state index < -0.39 is 42.5 Å². The van der Waals surface area contributed by atoms with Crippen molar-refractivity contribution in [2.24, 2.45) is 11.7 Å². The first-order chi connectivity index (χ1) is 17.8. The van der Waals surface area contributed by atoms with Crippen molar-refractivity contribution in [1.82, 2.24) is 0 Å². The number of benzene rings is 2. The molecule has 1 unspecified atom stereocenters. The van der Waals surface area contributed by atoms with Crippen molar-refractivity contribution in [3.63, 3.8) is 0 Å². The van der Waals surface area contributed by atoms with E-state index in [2.05, 4.69) is 0 Å². The van der Waals surface area contributed by atoms with Gasteiger partial charge in [-0.25, -0.2) is 14.0 Å². The second-order valence-corrected chi connectivity index (χ2v) is 8.36. The number of carbonyl (C=O) groups excluding carboxylic acids is 1. The fourth-order valence-corrected chi connectivity index (χ4v) is 3.06. The quantitative estimate of drug-likeness (QED) is 0.311. The average molecular weight is 536 g/mol. The number of hydrogen-bond acceptors (Lipinski definition) is 7. The van der Waals surface area contributed by atoms with Gasteiger partial charge in [-0.3, -0.25) is 14.4 Å². The maximum absolute atomic E-state index is 12.4. The second kappa shape index (κ2) is 15.2. The first-order valence-electron chi connectivity index (χ1n) is 11.4. The summed E-state index contributed by atoms with van der Waals surface area (Å²) in [6.45, 7) is 4.90. The lowest BCUT2D eigenvalue weighted by Gasteiger charge is -2.07. The summed E-state index contributed by atoms with van der Waals surface area (Å²) >= 11 is 0. The van der Waals surface area contributed by atoms with Gasteiger partial charge in [-0.2, -0.15) is 0 Å². The molecule has 1 aliphatic rings. The first kappa shape index (κ1) is 31.9. The number of ketones is 1. The number of alkyl halides is 1. The van der Waals surface area contributed by atoms with Crippen LogP contribution in [0, 0.1) is 19.8 Å². The van der Waals surface area contributed by atoms with Crippen LogP contribution in [0.1, 0.15) is 50.2 Å². The SMILES string of the molecule is Cc1ccc(C(=O)c2ccccc2C(=O)O)cc1C.N[C@@H](C[C@H](F)C(=O)O)C(=O)O.O=C(O)C1CCOC1. The zero-order valence-electron chi connectivity index (χ0n) is 20.8. The number of carboxylic acid groups (broad SMARTS) is 4. The number of ether oxygens (including phenoxy) is 1. The van der Waals surface area contributed by atoms with Gasteiger partial charge in [0.1, 0.15) is 6.04 Å². The number of nitrogens with two attached hydrogens (primary N) is 1. The molecule has 0 aliphatic carbocycles. The Morgan fingerprint density at radius 1 is 0.947 bits per heavy atom. The molecule has 6 N–H and O–H groups in total. The van der Waals surface area contributed by atoms with Gasteiger partial charge < -0.3 is 30.9 Å². The molecule has 1 saturated heterocycles. The number of halogens is 1. The van der Waals surface area contributed by atoms with Gasteiger partial charge in [-0.05, 0) is 43.5 Å². The summed E-state index contributed by atoms with van der Waals surface area (Å²) in [6.07, 6.45) is -2.24. The molecule has 1 aliphatic heterocycles. The molecule has 12 heteroatoms. The predicted octanol–water partition coefficient (Wildman–Crippen LogP) is 2.55. The van der Waals surface area contributed by atoms with E-state index in [1.807, 2.05) is 19.9 Å². The van der Waals surface area contributed by atoms with Crippen LogP contribution in [0.25, 0.3) is 0 Å². The van der Waals surface area contributed by atoms with Gasteiger partial charge in [0.15, 0.2) is 12.0 Å². The van der Waals surface area contributed by atoms with E-state index in [0.29, 0.717) is 25.2 Å². The maximum atomic E-state index is 12.4. The molecule has 38 heavy (non-hydrogen) atoms. The number of hydrogen-bond donors (Lipinski definition) is 5. The van der Waals surface area contributed by atoms with Crippen LogP contribution in [0.15, 0.2) is 42.5 Å². The third kappa shape index (κ3) is 10.1. The van der Waals surface area contributed by atoms with Crippen LogP contribution in [-0.2, 0) is 19.1 Å². The molecular formula is C26H30FNO10. The lowest BCUT2D eigenvalue weighted by molar-refractivity contribution is -0.145. The maximum Gasteiger partial charge on any atom is 0.338 e. The lowest BCUT2D eigenvalue weighted by Crippen LogP contribution is -2.35. The van der Waals surface area contributed by atoms with E-state index in [4.69, 9.17) is 30.9 Å². The first-order valence-corrected chi connectivity index (χ1v) is 11.4. The zero-order chi connectivity index (χ0) is 29.0. The molecule has 11 nitrogen and oxygen atoms in total. The monoisotopic (exact) mass is 535 g/mol. The van der Waals surface area contributed by atoms with Crippen molar-refractivity contribution >= 4 is 29.7 Å². The number of carboxylic acids is 4. The van der Waals surface area contributed by atoms with Crippen molar-refractivity contribution < 1.29 is 53.5 Å². The summed E-state index contributed by atoms with van der Waals surface area (Å²) in [4.78, 5) is 53.4. The highest BCUT2D eigenvalue weighted by Crippen LogP contribution is 2.17. The van der Waals surface area contributed by atoms with Crippen molar-refractivity contribution in [1.29, 1.82) is 0 Å². The molecule has 2 aromatic carbocycles. The minimum Gasteiger partial charge on any atom is -0.481 e. The van der Waals surface area contributed by atoms with Crippen LogP contribution in [0.3, 0.4) is 0 Å². The summed E-state index contributed by atoms with van der Waals surface area (Å²) < 4.78 is 17.0. The van der Waals surface area contributed by atoms with Gasteiger partial charge >= 0.3 is 23.9 Å². The minimum absolute atomic E-state index is 0.0331. The number of rotatable bonds is 8. The Morgan fingerprint density at radius 2 is 1.55 bits per heavy atom. The smallest absolute Gasteiger partial charge is 0.338 e. The summed E-state index contributed by atoms with van der Waals surface area (Å²) in [5, 5.41) is 33.6. The molecule has 0 bridgehead atoms. The van der Waals surface area contributed by atoms with E-state index in [-0.39, 0.29) is 22.8 Å². The molecule has 0 saturated carbocycles. The van der Waals surface area contributed by atoms with E-state index in [1.165, 1.54) is 6.07 Å². The van der Waals surface area contributed by atoms with E-state index in [1.54, 1.807) is 30.3 Å². The topological polar surface area (TPSA) is 202 Å². The van der Waals surface area contributed by atoms with Crippen molar-refractivity contribution in [2.45, 2.75) is 38.9 Å². The van der Waals surface area contributed by atoms with E-state index >= 15 is 0 Å². The van der Waals surface area contributed by atoms with E-state index in [0.717, 1.165) is 11.1 Å². The number of carbonyl (C=O) groups is 5. The van der Waals surface area contributed by atoms with Crippen LogP contribution in [0.4, 0.5) is 4.39 Å². The average Bonchev–Trinajstić information content (AvgIpc) is 3.41. The minimum atomic E-state index is -2.21. The lowest BCUT2D eigenvalue weighted by atomic mass is 9.96. The molecular weight excluding hydrogens is 505 g/mol. The summed E-state index contributed by atoms with van der Waals surface area (Å²) in [5.41, 5.74) is 7.73. The van der Waals surface area contributed by atoms with Gasteiger partial charge in [0.05, 0.1) is 18.1 Å². The highest BCUT2D eigenvalue weighted by molar-refractivity contribution is 6.14. The molecule has 2 aromatic rings. The molecule has 206 valence electrons. The normalized spacial score (nSPS) is 15.5. The zero-order valence-corrected chi connectivity index (χ0v) is 20.8. The van der Waals surface area contributed by atoms with Crippen molar-refractivity contribution in [3.05, 3.63) is 70.3 Å². The van der Waals surface area contributed by atoms with Crippen LogP contribution in [-0.4, -0.2) is 75.5 Å². The third-order valence-corrected chi connectivity index (χ3v) is 5.50. The molecule has 0 amide bonds. The summed E-state index contributed by atoms with van der Waals surface area (Å²) in [6, 6.07) is 10.2. The number of aromatic carboxylic acids is 1. The van der Waals surface area contributed by atoms with Gasteiger partial charge in [0.25, 0.3) is 0 Å². The second-order valence-electron chi connectivity index (χ2n) is 8.36. The third-order valence-electron chi connectivity index (χ3n) is 5.50. The van der Waals surface area contributed by atoms with Gasteiger partial charge in [0.2, 0.25) is 0 Å². The summed E-state index contributed by atoms with van der Waals surface area (Å²) in [5.74, 6) is -5.43. The molecule has 1 fully saturated rings.